The van der Waals surface area contributed by atoms with Gasteiger partial charge in [0.15, 0.2) is 0 Å². The van der Waals surface area contributed by atoms with Crippen LogP contribution in [0.1, 0.15) is 65.8 Å². The highest BCUT2D eigenvalue weighted by atomic mass is 16.5. The standard InChI is InChI=1S/C18H22N2O4/c21-15-5-6-20(18(8-19-15)9-23-10-18)17(22)13-7-14(11-1-2-11)24-16(13)12-3-4-12/h7,11-12H,1-6,8-10H2,(H,19,21). The van der Waals surface area contributed by atoms with Crippen molar-refractivity contribution >= 4 is 11.8 Å². The molecule has 24 heavy (non-hydrogen) atoms. The monoisotopic (exact) mass is 330 g/mol. The molecule has 2 saturated heterocycles. The number of hydrogen-bond donors (Lipinski definition) is 1. The van der Waals surface area contributed by atoms with Crippen LogP contribution in [0.5, 0.6) is 0 Å². The van der Waals surface area contributed by atoms with Crippen LogP contribution in [0.15, 0.2) is 10.5 Å². The molecule has 2 aliphatic heterocycles. The van der Waals surface area contributed by atoms with Crippen LogP contribution >= 0.6 is 0 Å². The molecule has 4 fully saturated rings. The van der Waals surface area contributed by atoms with Crippen LogP contribution in [-0.4, -0.2) is 48.6 Å². The molecule has 0 bridgehead atoms. The molecule has 1 aromatic heterocycles. The summed E-state index contributed by atoms with van der Waals surface area (Å²) in [5.74, 6) is 2.76. The molecule has 4 aliphatic rings. The molecule has 5 rings (SSSR count). The average molecular weight is 330 g/mol. The van der Waals surface area contributed by atoms with Crippen molar-refractivity contribution in [2.24, 2.45) is 0 Å². The Morgan fingerprint density at radius 3 is 2.58 bits per heavy atom. The van der Waals surface area contributed by atoms with Crippen molar-refractivity contribution in [3.63, 3.8) is 0 Å². The van der Waals surface area contributed by atoms with Crippen molar-refractivity contribution < 1.29 is 18.7 Å². The first-order chi connectivity index (χ1) is 11.7. The fraction of sp³-hybridized carbons (Fsp3) is 0.667. The molecule has 0 aromatic carbocycles. The van der Waals surface area contributed by atoms with Gasteiger partial charge in [-0.2, -0.15) is 0 Å². The van der Waals surface area contributed by atoms with Crippen LogP contribution in [0, 0.1) is 0 Å². The molecule has 0 radical (unpaired) electrons. The van der Waals surface area contributed by atoms with Gasteiger partial charge in [0.05, 0.1) is 18.8 Å². The van der Waals surface area contributed by atoms with E-state index in [1.165, 1.54) is 0 Å². The number of hydrogen-bond acceptors (Lipinski definition) is 4. The third-order valence-corrected chi connectivity index (χ3v) is 5.67. The van der Waals surface area contributed by atoms with E-state index in [1.54, 1.807) is 0 Å². The van der Waals surface area contributed by atoms with Gasteiger partial charge in [0.25, 0.3) is 5.91 Å². The molecule has 1 N–H and O–H groups in total. The van der Waals surface area contributed by atoms with E-state index in [4.69, 9.17) is 9.15 Å². The zero-order valence-corrected chi connectivity index (χ0v) is 13.7. The predicted molar refractivity (Wildman–Crippen MR) is 84.9 cm³/mol. The molecule has 6 nitrogen and oxygen atoms in total. The summed E-state index contributed by atoms with van der Waals surface area (Å²) in [5.41, 5.74) is 0.334. The lowest BCUT2D eigenvalue weighted by atomic mass is 9.93. The maximum absolute atomic E-state index is 13.3. The van der Waals surface area contributed by atoms with E-state index >= 15 is 0 Å². The zero-order valence-electron chi connectivity index (χ0n) is 13.7. The number of ether oxygens (including phenoxy) is 1. The molecular formula is C18H22N2O4. The van der Waals surface area contributed by atoms with Crippen LogP contribution in [0.2, 0.25) is 0 Å². The second-order valence-electron chi connectivity index (χ2n) is 7.68. The SMILES string of the molecule is O=C1CCN(C(=O)c2cc(C3CC3)oc2C2CC2)C2(CN1)COC2. The topological polar surface area (TPSA) is 71.8 Å². The molecule has 3 heterocycles. The Morgan fingerprint density at radius 1 is 1.21 bits per heavy atom. The van der Waals surface area contributed by atoms with Gasteiger partial charge >= 0.3 is 0 Å². The van der Waals surface area contributed by atoms with Gasteiger partial charge in [0, 0.05) is 31.3 Å². The number of carbonyl (C=O) groups excluding carboxylic acids is 2. The van der Waals surface area contributed by atoms with Crippen molar-refractivity contribution in [2.75, 3.05) is 26.3 Å². The highest BCUT2D eigenvalue weighted by molar-refractivity contribution is 5.97. The van der Waals surface area contributed by atoms with Crippen LogP contribution in [-0.2, 0) is 9.53 Å². The Morgan fingerprint density at radius 2 is 1.96 bits per heavy atom. The molecule has 0 unspecified atom stereocenters. The minimum absolute atomic E-state index is 0.00449. The van der Waals surface area contributed by atoms with E-state index in [9.17, 15) is 9.59 Å². The normalized spacial score (nSPS) is 26.0. The van der Waals surface area contributed by atoms with Crippen LogP contribution in [0.3, 0.4) is 0 Å². The third-order valence-electron chi connectivity index (χ3n) is 5.67. The molecule has 1 spiro atoms. The summed E-state index contributed by atoms with van der Waals surface area (Å²) in [6.07, 6.45) is 4.87. The van der Waals surface area contributed by atoms with Gasteiger partial charge in [-0.15, -0.1) is 0 Å². The minimum atomic E-state index is -0.388. The lowest BCUT2D eigenvalue weighted by molar-refractivity contribution is -0.124. The Kier molecular flexibility index (Phi) is 3.08. The number of carbonyl (C=O) groups is 2. The molecule has 6 heteroatoms. The van der Waals surface area contributed by atoms with Crippen molar-refractivity contribution in [1.82, 2.24) is 10.2 Å². The van der Waals surface area contributed by atoms with Crippen LogP contribution in [0.25, 0.3) is 0 Å². The Balaban J connectivity index is 1.49. The molecule has 2 amide bonds. The van der Waals surface area contributed by atoms with E-state index in [1.807, 2.05) is 11.0 Å². The lowest BCUT2D eigenvalue weighted by Gasteiger charge is -2.48. The number of nitrogens with one attached hydrogen (secondary N) is 1. The maximum atomic E-state index is 13.3. The average Bonchev–Trinajstić information content (AvgIpc) is 3.43. The van der Waals surface area contributed by atoms with Crippen molar-refractivity contribution in [3.05, 3.63) is 23.2 Å². The first-order valence-electron chi connectivity index (χ1n) is 8.96. The van der Waals surface area contributed by atoms with Crippen molar-refractivity contribution in [3.8, 4) is 0 Å². The van der Waals surface area contributed by atoms with Gasteiger partial charge < -0.3 is 19.4 Å². The van der Waals surface area contributed by atoms with Gasteiger partial charge in [-0.1, -0.05) is 0 Å². The summed E-state index contributed by atoms with van der Waals surface area (Å²) in [4.78, 5) is 27.0. The first kappa shape index (κ1) is 14.5. The zero-order chi connectivity index (χ0) is 16.3. The highest BCUT2D eigenvalue weighted by Crippen LogP contribution is 2.48. The second kappa shape index (κ2) is 5.09. The minimum Gasteiger partial charge on any atom is -0.465 e. The highest BCUT2D eigenvalue weighted by Gasteiger charge is 2.49. The largest absolute Gasteiger partial charge is 0.465 e. The maximum Gasteiger partial charge on any atom is 0.258 e. The fourth-order valence-electron chi connectivity index (χ4n) is 3.77. The molecule has 2 aliphatic carbocycles. The molecule has 128 valence electrons. The third kappa shape index (κ3) is 2.27. The van der Waals surface area contributed by atoms with E-state index in [2.05, 4.69) is 5.32 Å². The summed E-state index contributed by atoms with van der Waals surface area (Å²) in [6.45, 7) is 1.90. The van der Waals surface area contributed by atoms with Gasteiger partial charge in [0.1, 0.15) is 17.1 Å². The van der Waals surface area contributed by atoms with Crippen LogP contribution < -0.4 is 5.32 Å². The van der Waals surface area contributed by atoms with Crippen molar-refractivity contribution in [2.45, 2.75) is 49.5 Å². The van der Waals surface area contributed by atoms with Crippen molar-refractivity contribution in [1.29, 1.82) is 0 Å². The van der Waals surface area contributed by atoms with E-state index < -0.39 is 0 Å². The molecule has 1 aromatic rings. The van der Waals surface area contributed by atoms with E-state index in [0.29, 0.717) is 44.6 Å². The quantitative estimate of drug-likeness (QED) is 0.917. The van der Waals surface area contributed by atoms with Gasteiger partial charge in [0.2, 0.25) is 5.91 Å². The predicted octanol–water partition coefficient (Wildman–Crippen LogP) is 1.77. The molecule has 0 atom stereocenters. The molecule has 2 saturated carbocycles. The van der Waals surface area contributed by atoms with E-state index in [-0.39, 0.29) is 17.4 Å². The Hall–Kier alpha value is -1.82. The smallest absolute Gasteiger partial charge is 0.258 e. The van der Waals surface area contributed by atoms with Gasteiger partial charge in [-0.25, -0.2) is 0 Å². The second-order valence-corrected chi connectivity index (χ2v) is 7.68. The summed E-state index contributed by atoms with van der Waals surface area (Å²) < 4.78 is 11.5. The first-order valence-corrected chi connectivity index (χ1v) is 8.96. The number of amides is 2. The summed E-state index contributed by atoms with van der Waals surface area (Å²) in [5, 5.41) is 2.92. The summed E-state index contributed by atoms with van der Waals surface area (Å²) in [6, 6.07) is 1.97. The summed E-state index contributed by atoms with van der Waals surface area (Å²) in [7, 11) is 0. The number of rotatable bonds is 3. The Bertz CT molecular complexity index is 698. The number of nitrogens with zero attached hydrogens (tertiary/aromatic N) is 1. The fourth-order valence-corrected chi connectivity index (χ4v) is 3.77. The number of furan rings is 1. The van der Waals surface area contributed by atoms with E-state index in [0.717, 1.165) is 42.8 Å². The lowest BCUT2D eigenvalue weighted by Crippen LogP contribution is -2.67. The molecular weight excluding hydrogens is 308 g/mol. The summed E-state index contributed by atoms with van der Waals surface area (Å²) >= 11 is 0. The van der Waals surface area contributed by atoms with Gasteiger partial charge in [-0.05, 0) is 31.7 Å². The van der Waals surface area contributed by atoms with Crippen LogP contribution in [0.4, 0.5) is 0 Å². The van der Waals surface area contributed by atoms with Gasteiger partial charge in [-0.3, -0.25) is 9.59 Å². The Labute approximate surface area is 140 Å².